The molecule has 0 saturated carbocycles. The molecule has 0 radical (unpaired) electrons. The number of rotatable bonds is 3. The normalized spacial score (nSPS) is 22.8. The molecule has 3 atom stereocenters. The molecule has 1 aliphatic heterocycles. The molecule has 3 nitrogen and oxygen atoms in total. The van der Waals surface area contributed by atoms with E-state index in [0.717, 1.165) is 11.1 Å². The maximum atomic E-state index is 12.9. The Bertz CT molecular complexity index is 875. The number of hydrogen-bond donors (Lipinski definition) is 0. The molecule has 0 aliphatic carbocycles. The maximum absolute atomic E-state index is 12.9. The van der Waals surface area contributed by atoms with Crippen LogP contribution in [-0.4, -0.2) is 24.8 Å². The summed E-state index contributed by atoms with van der Waals surface area (Å²) in [6, 6.07) is 16.3. The summed E-state index contributed by atoms with van der Waals surface area (Å²) >= 11 is 0. The van der Waals surface area contributed by atoms with Crippen molar-refractivity contribution in [1.29, 1.82) is 0 Å². The molecule has 0 amide bonds. The molecule has 2 aromatic carbocycles. The topological polar surface area (TPSA) is 37.1 Å². The minimum atomic E-state index is -3.50. The minimum Gasteiger partial charge on any atom is -0.207 e. The van der Waals surface area contributed by atoms with Crippen molar-refractivity contribution >= 4 is 10.0 Å². The Morgan fingerprint density at radius 3 is 2.21 bits per heavy atom. The SMILES string of the molecule is Cc1ccc(S(=O)(=O)N2[C@H](C(C)C)[C@@H]2C#Cc2ccccc2)cc1. The second-order valence-corrected chi connectivity index (χ2v) is 8.31. The molecule has 0 bridgehead atoms. The van der Waals surface area contributed by atoms with Crippen LogP contribution < -0.4 is 0 Å². The molecule has 1 heterocycles. The first-order valence-electron chi connectivity index (χ1n) is 8.08. The van der Waals surface area contributed by atoms with Gasteiger partial charge in [0.15, 0.2) is 0 Å². The Balaban J connectivity index is 1.89. The first kappa shape index (κ1) is 16.8. The Hall–Kier alpha value is -2.09. The van der Waals surface area contributed by atoms with E-state index in [-0.39, 0.29) is 18.0 Å². The molecule has 124 valence electrons. The average Bonchev–Trinajstić information content (AvgIpc) is 3.30. The molecular formula is C20H21NO2S. The molecule has 4 heteroatoms. The monoisotopic (exact) mass is 339 g/mol. The lowest BCUT2D eigenvalue weighted by molar-refractivity contribution is 0.517. The maximum Gasteiger partial charge on any atom is 0.244 e. The molecule has 1 unspecified atom stereocenters. The van der Waals surface area contributed by atoms with Crippen LogP contribution in [0.2, 0.25) is 0 Å². The van der Waals surface area contributed by atoms with Crippen LogP contribution in [0.3, 0.4) is 0 Å². The summed E-state index contributed by atoms with van der Waals surface area (Å²) in [4.78, 5) is 0.336. The average molecular weight is 339 g/mol. The van der Waals surface area contributed by atoms with Crippen LogP contribution in [0.4, 0.5) is 0 Å². The lowest BCUT2D eigenvalue weighted by Gasteiger charge is -2.07. The van der Waals surface area contributed by atoms with Crippen LogP contribution in [0.1, 0.15) is 25.0 Å². The lowest BCUT2D eigenvalue weighted by atomic mass is 10.1. The third kappa shape index (κ3) is 3.24. The van der Waals surface area contributed by atoms with E-state index >= 15 is 0 Å². The Labute approximate surface area is 144 Å². The second kappa shape index (κ2) is 6.43. The summed E-state index contributed by atoms with van der Waals surface area (Å²) in [7, 11) is -3.50. The van der Waals surface area contributed by atoms with Crippen molar-refractivity contribution in [3.05, 3.63) is 65.7 Å². The van der Waals surface area contributed by atoms with Gasteiger partial charge in [-0.05, 0) is 37.1 Å². The third-order valence-electron chi connectivity index (χ3n) is 4.22. The van der Waals surface area contributed by atoms with Gasteiger partial charge >= 0.3 is 0 Å². The zero-order chi connectivity index (χ0) is 17.3. The van der Waals surface area contributed by atoms with Crippen molar-refractivity contribution in [3.63, 3.8) is 0 Å². The fourth-order valence-corrected chi connectivity index (χ4v) is 4.68. The largest absolute Gasteiger partial charge is 0.244 e. The van der Waals surface area contributed by atoms with Gasteiger partial charge in [-0.3, -0.25) is 0 Å². The molecule has 1 aliphatic rings. The summed E-state index contributed by atoms with van der Waals surface area (Å²) in [6.07, 6.45) is 0. The number of sulfonamides is 1. The summed E-state index contributed by atoms with van der Waals surface area (Å²) in [5.41, 5.74) is 1.94. The zero-order valence-electron chi connectivity index (χ0n) is 14.1. The smallest absolute Gasteiger partial charge is 0.207 e. The predicted molar refractivity (Wildman–Crippen MR) is 95.9 cm³/mol. The molecular weight excluding hydrogens is 318 g/mol. The van der Waals surface area contributed by atoms with Crippen molar-refractivity contribution in [3.8, 4) is 11.8 Å². The fraction of sp³-hybridized carbons (Fsp3) is 0.300. The quantitative estimate of drug-likeness (QED) is 0.634. The van der Waals surface area contributed by atoms with Gasteiger partial charge in [0.05, 0.1) is 10.9 Å². The van der Waals surface area contributed by atoms with E-state index in [1.54, 1.807) is 12.1 Å². The first-order valence-corrected chi connectivity index (χ1v) is 9.52. The van der Waals surface area contributed by atoms with Crippen molar-refractivity contribution in [2.75, 3.05) is 0 Å². The van der Waals surface area contributed by atoms with Crippen LogP contribution in [0.25, 0.3) is 0 Å². The van der Waals surface area contributed by atoms with Crippen LogP contribution in [0.5, 0.6) is 0 Å². The molecule has 1 fully saturated rings. The highest BCUT2D eigenvalue weighted by molar-refractivity contribution is 7.89. The Morgan fingerprint density at radius 1 is 1.00 bits per heavy atom. The summed E-state index contributed by atoms with van der Waals surface area (Å²) in [5, 5.41) is 0. The molecule has 2 aromatic rings. The predicted octanol–water partition coefficient (Wildman–Crippen LogP) is 3.44. The van der Waals surface area contributed by atoms with E-state index in [2.05, 4.69) is 11.8 Å². The summed E-state index contributed by atoms with van der Waals surface area (Å²) < 4.78 is 27.3. The number of aryl methyl sites for hydroxylation is 1. The van der Waals surface area contributed by atoms with Gasteiger partial charge in [-0.25, -0.2) is 8.42 Å². The first-order chi connectivity index (χ1) is 11.4. The van der Waals surface area contributed by atoms with Gasteiger partial charge in [-0.2, -0.15) is 4.31 Å². The van der Waals surface area contributed by atoms with Gasteiger partial charge in [-0.15, -0.1) is 0 Å². The van der Waals surface area contributed by atoms with E-state index in [9.17, 15) is 8.42 Å². The Morgan fingerprint density at radius 2 is 1.62 bits per heavy atom. The highest BCUT2D eigenvalue weighted by atomic mass is 32.2. The molecule has 0 aromatic heterocycles. The second-order valence-electron chi connectivity index (χ2n) is 6.46. The Kier molecular flexibility index (Phi) is 4.49. The van der Waals surface area contributed by atoms with Gasteiger partial charge in [0.25, 0.3) is 0 Å². The van der Waals surface area contributed by atoms with Crippen LogP contribution in [0.15, 0.2) is 59.5 Å². The van der Waals surface area contributed by atoms with Crippen LogP contribution >= 0.6 is 0 Å². The lowest BCUT2D eigenvalue weighted by Crippen LogP contribution is -2.17. The van der Waals surface area contributed by atoms with Gasteiger partial charge in [0.1, 0.15) is 6.04 Å². The van der Waals surface area contributed by atoms with Gasteiger partial charge in [0, 0.05) is 5.56 Å². The van der Waals surface area contributed by atoms with Crippen molar-refractivity contribution in [1.82, 2.24) is 4.31 Å². The number of benzene rings is 2. The molecule has 1 saturated heterocycles. The van der Waals surface area contributed by atoms with E-state index in [0.29, 0.717) is 4.90 Å². The van der Waals surface area contributed by atoms with Crippen LogP contribution in [-0.2, 0) is 10.0 Å². The molecule has 3 rings (SSSR count). The van der Waals surface area contributed by atoms with Crippen molar-refractivity contribution in [2.45, 2.75) is 37.8 Å². The zero-order valence-corrected chi connectivity index (χ0v) is 14.9. The minimum absolute atomic E-state index is 0.0625. The van der Waals surface area contributed by atoms with E-state index in [1.807, 2.05) is 63.2 Å². The van der Waals surface area contributed by atoms with Gasteiger partial charge in [-0.1, -0.05) is 61.6 Å². The standard InChI is InChI=1S/C20H21NO2S/c1-15(2)20-19(14-11-17-7-5-4-6-8-17)21(20)24(22,23)18-12-9-16(3)10-13-18/h4-10,12-13,15,19-20H,1-3H3/t19-,20+,21?/m0/s1. The van der Waals surface area contributed by atoms with Crippen LogP contribution in [0, 0.1) is 24.7 Å². The molecule has 0 N–H and O–H groups in total. The molecule has 0 spiro atoms. The van der Waals surface area contributed by atoms with E-state index in [1.165, 1.54) is 4.31 Å². The van der Waals surface area contributed by atoms with Gasteiger partial charge in [0.2, 0.25) is 10.0 Å². The van der Waals surface area contributed by atoms with Crippen molar-refractivity contribution in [2.24, 2.45) is 5.92 Å². The number of hydrogen-bond acceptors (Lipinski definition) is 2. The summed E-state index contributed by atoms with van der Waals surface area (Å²) in [5.74, 6) is 6.46. The fourth-order valence-electron chi connectivity index (χ4n) is 2.86. The van der Waals surface area contributed by atoms with E-state index in [4.69, 9.17) is 0 Å². The summed E-state index contributed by atoms with van der Waals surface area (Å²) in [6.45, 7) is 6.01. The third-order valence-corrected chi connectivity index (χ3v) is 6.11. The number of nitrogens with zero attached hydrogens (tertiary/aromatic N) is 1. The molecule has 24 heavy (non-hydrogen) atoms. The highest BCUT2D eigenvalue weighted by Gasteiger charge is 2.56. The van der Waals surface area contributed by atoms with Gasteiger partial charge < -0.3 is 0 Å². The van der Waals surface area contributed by atoms with Crippen molar-refractivity contribution < 1.29 is 8.42 Å². The highest BCUT2D eigenvalue weighted by Crippen LogP contribution is 2.39. The van der Waals surface area contributed by atoms with E-state index < -0.39 is 10.0 Å².